The highest BCUT2D eigenvalue weighted by Crippen LogP contribution is 2.56. The minimum atomic E-state index is -0.0777. The Balaban J connectivity index is 1.53. The average Bonchev–Trinajstić information content (AvgIpc) is 3.57. The van der Waals surface area contributed by atoms with E-state index in [9.17, 15) is 0 Å². The zero-order chi connectivity index (χ0) is 25.4. The molecule has 0 aliphatic heterocycles. The van der Waals surface area contributed by atoms with Crippen molar-refractivity contribution in [1.82, 2.24) is 13.7 Å². The molecule has 0 amide bonds. The van der Waals surface area contributed by atoms with Crippen molar-refractivity contribution < 1.29 is 0 Å². The molecule has 3 aromatic heterocycles. The largest absolute Gasteiger partial charge is 0.350 e. The molecule has 3 heteroatoms. The summed E-state index contributed by atoms with van der Waals surface area (Å²) in [6, 6.07) is 26.9. The van der Waals surface area contributed by atoms with Gasteiger partial charge in [-0.25, -0.2) is 0 Å². The van der Waals surface area contributed by atoms with E-state index in [0.29, 0.717) is 0 Å². The van der Waals surface area contributed by atoms with Crippen LogP contribution in [0.3, 0.4) is 0 Å². The lowest BCUT2D eigenvalue weighted by molar-refractivity contribution is 0.232. The Labute approximate surface area is 218 Å². The molecule has 0 spiro atoms. The van der Waals surface area contributed by atoms with Crippen molar-refractivity contribution in [3.63, 3.8) is 0 Å². The van der Waals surface area contributed by atoms with Crippen LogP contribution in [0.25, 0.3) is 32.7 Å². The molecule has 0 N–H and O–H groups in total. The van der Waals surface area contributed by atoms with Crippen LogP contribution in [-0.4, -0.2) is 13.7 Å². The van der Waals surface area contributed by atoms with Gasteiger partial charge in [-0.2, -0.15) is 0 Å². The summed E-state index contributed by atoms with van der Waals surface area (Å²) in [6.07, 6.45) is 11.9. The number of fused-ring (bicyclic) bond motifs is 3. The molecule has 0 saturated heterocycles. The summed E-state index contributed by atoms with van der Waals surface area (Å²) < 4.78 is 6.99. The first-order chi connectivity index (χ1) is 17.9. The minimum absolute atomic E-state index is 0.0625. The number of hydrogen-bond acceptors (Lipinski definition) is 0. The maximum Gasteiger partial charge on any atom is 0.0480 e. The maximum absolute atomic E-state index is 2.53. The maximum atomic E-state index is 2.53. The van der Waals surface area contributed by atoms with Gasteiger partial charge < -0.3 is 13.7 Å². The number of para-hydroxylation sites is 3. The van der Waals surface area contributed by atoms with E-state index in [2.05, 4.69) is 133 Å². The zero-order valence-corrected chi connectivity index (χ0v) is 22.3. The molecule has 0 radical (unpaired) electrons. The number of hydrogen-bond donors (Lipinski definition) is 0. The van der Waals surface area contributed by atoms with E-state index >= 15 is 0 Å². The van der Waals surface area contributed by atoms with Crippen LogP contribution < -0.4 is 0 Å². The summed E-state index contributed by atoms with van der Waals surface area (Å²) in [5.74, 6) is 0. The molecule has 1 unspecified atom stereocenters. The van der Waals surface area contributed by atoms with Crippen molar-refractivity contribution in [1.29, 1.82) is 0 Å². The molecule has 1 saturated carbocycles. The highest BCUT2D eigenvalue weighted by atomic mass is 14.9. The first kappa shape index (κ1) is 22.5. The Hall–Kier alpha value is -3.72. The van der Waals surface area contributed by atoms with Gasteiger partial charge in [-0.3, -0.25) is 0 Å². The smallest absolute Gasteiger partial charge is 0.0480 e. The predicted molar refractivity (Wildman–Crippen MR) is 155 cm³/mol. The van der Waals surface area contributed by atoms with Gasteiger partial charge in [0, 0.05) is 77.9 Å². The van der Waals surface area contributed by atoms with Crippen molar-refractivity contribution in [2.45, 2.75) is 43.4 Å². The van der Waals surface area contributed by atoms with Gasteiger partial charge in [0.05, 0.1) is 0 Å². The molecule has 3 nitrogen and oxygen atoms in total. The van der Waals surface area contributed by atoms with Gasteiger partial charge in [-0.1, -0.05) is 67.9 Å². The molecule has 6 aromatic rings. The minimum Gasteiger partial charge on any atom is -0.350 e. The van der Waals surface area contributed by atoms with Gasteiger partial charge in [-0.15, -0.1) is 0 Å². The molecule has 1 fully saturated rings. The summed E-state index contributed by atoms with van der Waals surface area (Å²) in [6.45, 7) is 2.53. The fraction of sp³-hybridized carbons (Fsp3) is 0.294. The highest BCUT2D eigenvalue weighted by Gasteiger charge is 2.48. The normalized spacial score (nSPS) is 19.8. The van der Waals surface area contributed by atoms with Crippen LogP contribution in [0, 0.1) is 0 Å². The van der Waals surface area contributed by atoms with Gasteiger partial charge >= 0.3 is 0 Å². The number of aryl methyl sites for hydroxylation is 3. The van der Waals surface area contributed by atoms with Gasteiger partial charge in [-0.05, 0) is 59.6 Å². The van der Waals surface area contributed by atoms with E-state index in [0.717, 1.165) is 12.8 Å². The third-order valence-corrected chi connectivity index (χ3v) is 9.40. The Bertz CT molecular complexity index is 1710. The standard InChI is InChI=1S/C34H35N3/c1-33(27-20-35(2)30-15-8-5-12-24(27)30)18-11-19-34(23-33,28-21-36(3)31-16-9-6-13-25(28)31)29-22-37(4)32-17-10-7-14-26(29)32/h5-10,12-17,20-22H,11,18-19,23H2,1-4H3. The van der Waals surface area contributed by atoms with E-state index in [1.54, 1.807) is 0 Å². The molecule has 3 aromatic carbocycles. The van der Waals surface area contributed by atoms with E-state index in [4.69, 9.17) is 0 Å². The van der Waals surface area contributed by atoms with Crippen LogP contribution in [-0.2, 0) is 32.0 Å². The summed E-state index contributed by atoms with van der Waals surface area (Å²) in [4.78, 5) is 0. The topological polar surface area (TPSA) is 14.8 Å². The molecule has 7 rings (SSSR count). The lowest BCUT2D eigenvalue weighted by atomic mass is 9.56. The zero-order valence-electron chi connectivity index (χ0n) is 22.3. The predicted octanol–water partition coefficient (Wildman–Crippen LogP) is 7.98. The molecule has 3 heterocycles. The molecule has 1 aliphatic rings. The Kier molecular flexibility index (Phi) is 4.79. The van der Waals surface area contributed by atoms with E-state index in [1.165, 1.54) is 62.2 Å². The second-order valence-corrected chi connectivity index (χ2v) is 11.7. The van der Waals surface area contributed by atoms with E-state index < -0.39 is 0 Å². The SMILES string of the molecule is Cn1cc(C2(C)CCCC(c3cn(C)c4ccccc34)(c3cn(C)c4ccccc34)C2)c2ccccc21. The van der Waals surface area contributed by atoms with Crippen molar-refractivity contribution in [2.75, 3.05) is 0 Å². The number of rotatable bonds is 3. The third kappa shape index (κ3) is 3.13. The molecule has 186 valence electrons. The van der Waals surface area contributed by atoms with Crippen molar-refractivity contribution in [2.24, 2.45) is 21.1 Å². The molecule has 0 bridgehead atoms. The molecule has 1 atom stereocenters. The molecule has 1 aliphatic carbocycles. The quantitative estimate of drug-likeness (QED) is 0.241. The van der Waals surface area contributed by atoms with Crippen molar-refractivity contribution in [3.8, 4) is 0 Å². The highest BCUT2D eigenvalue weighted by molar-refractivity contribution is 5.91. The average molecular weight is 486 g/mol. The second kappa shape index (κ2) is 7.89. The van der Waals surface area contributed by atoms with Crippen LogP contribution in [0.1, 0.15) is 49.3 Å². The fourth-order valence-electron chi connectivity index (χ4n) is 7.73. The number of nitrogens with zero attached hydrogens (tertiary/aromatic N) is 3. The lowest BCUT2D eigenvalue weighted by Gasteiger charge is -2.47. The monoisotopic (exact) mass is 485 g/mol. The Morgan fingerprint density at radius 2 is 0.946 bits per heavy atom. The number of aromatic nitrogens is 3. The van der Waals surface area contributed by atoms with E-state index in [-0.39, 0.29) is 10.8 Å². The van der Waals surface area contributed by atoms with Gasteiger partial charge in [0.1, 0.15) is 0 Å². The van der Waals surface area contributed by atoms with Crippen LogP contribution in [0.5, 0.6) is 0 Å². The molecular formula is C34H35N3. The Morgan fingerprint density at radius 1 is 0.541 bits per heavy atom. The fourth-order valence-corrected chi connectivity index (χ4v) is 7.73. The van der Waals surface area contributed by atoms with Crippen LogP contribution in [0.2, 0.25) is 0 Å². The Morgan fingerprint density at radius 3 is 1.43 bits per heavy atom. The summed E-state index contributed by atoms with van der Waals surface area (Å²) >= 11 is 0. The second-order valence-electron chi connectivity index (χ2n) is 11.7. The summed E-state index contributed by atoms with van der Waals surface area (Å²) in [7, 11) is 6.60. The summed E-state index contributed by atoms with van der Waals surface area (Å²) in [5, 5.41) is 4.18. The van der Waals surface area contributed by atoms with Gasteiger partial charge in [0.25, 0.3) is 0 Å². The first-order valence-corrected chi connectivity index (χ1v) is 13.5. The molecule has 37 heavy (non-hydrogen) atoms. The first-order valence-electron chi connectivity index (χ1n) is 13.5. The van der Waals surface area contributed by atoms with Crippen molar-refractivity contribution in [3.05, 3.63) is 108 Å². The molecular weight excluding hydrogens is 450 g/mol. The van der Waals surface area contributed by atoms with Crippen LogP contribution >= 0.6 is 0 Å². The van der Waals surface area contributed by atoms with Gasteiger partial charge in [0.2, 0.25) is 0 Å². The lowest BCUT2D eigenvalue weighted by Crippen LogP contribution is -2.41. The summed E-state index contributed by atoms with van der Waals surface area (Å²) in [5.41, 5.74) is 8.39. The third-order valence-electron chi connectivity index (χ3n) is 9.40. The van der Waals surface area contributed by atoms with Crippen LogP contribution in [0.4, 0.5) is 0 Å². The van der Waals surface area contributed by atoms with E-state index in [1.807, 2.05) is 0 Å². The van der Waals surface area contributed by atoms with Crippen molar-refractivity contribution >= 4 is 32.7 Å². The van der Waals surface area contributed by atoms with Crippen LogP contribution in [0.15, 0.2) is 91.4 Å². The number of benzene rings is 3. The van der Waals surface area contributed by atoms with Gasteiger partial charge in [0.15, 0.2) is 0 Å².